The first-order valence-corrected chi connectivity index (χ1v) is 6.58. The lowest BCUT2D eigenvalue weighted by Gasteiger charge is -2.19. The van der Waals surface area contributed by atoms with Crippen LogP contribution in [0.5, 0.6) is 5.75 Å². The van der Waals surface area contributed by atoms with Crippen molar-refractivity contribution in [1.29, 1.82) is 0 Å². The molecule has 5 nitrogen and oxygen atoms in total. The summed E-state index contributed by atoms with van der Waals surface area (Å²) in [4.78, 5) is 25.4. The van der Waals surface area contributed by atoms with Crippen molar-refractivity contribution in [2.45, 2.75) is 6.42 Å². The first-order valence-electron chi connectivity index (χ1n) is 6.58. The summed E-state index contributed by atoms with van der Waals surface area (Å²) in [6.07, 6.45) is 0.934. The van der Waals surface area contributed by atoms with Crippen LogP contribution in [-0.4, -0.2) is 31.5 Å². The normalized spacial score (nSPS) is 28.1. The van der Waals surface area contributed by atoms with Crippen molar-refractivity contribution < 1.29 is 14.3 Å². The Kier molecular flexibility index (Phi) is 2.13. The molecule has 5 heteroatoms. The van der Waals surface area contributed by atoms with Crippen LogP contribution in [0.2, 0.25) is 0 Å². The maximum atomic E-state index is 11.7. The van der Waals surface area contributed by atoms with Crippen molar-refractivity contribution in [3.8, 4) is 5.75 Å². The van der Waals surface area contributed by atoms with Crippen LogP contribution in [0.3, 0.4) is 0 Å². The Balaban J connectivity index is 1.61. The molecule has 0 aliphatic carbocycles. The van der Waals surface area contributed by atoms with Gasteiger partial charge in [-0.3, -0.25) is 14.9 Å². The fraction of sp³-hybridized carbons (Fsp3) is 0.429. The van der Waals surface area contributed by atoms with E-state index in [0.717, 1.165) is 24.5 Å². The third-order valence-electron chi connectivity index (χ3n) is 4.28. The maximum Gasteiger partial charge on any atom is 0.232 e. The summed E-state index contributed by atoms with van der Waals surface area (Å²) in [7, 11) is 0. The molecule has 4 rings (SSSR count). The first-order chi connectivity index (χ1) is 9.22. The minimum Gasteiger partial charge on any atom is -0.493 e. The molecule has 1 aromatic carbocycles. The lowest BCUT2D eigenvalue weighted by molar-refractivity contribution is -0.126. The van der Waals surface area contributed by atoms with Gasteiger partial charge in [-0.1, -0.05) is 0 Å². The molecule has 19 heavy (non-hydrogen) atoms. The van der Waals surface area contributed by atoms with E-state index < -0.39 is 0 Å². The van der Waals surface area contributed by atoms with E-state index in [4.69, 9.17) is 4.74 Å². The zero-order valence-corrected chi connectivity index (χ0v) is 10.4. The number of fused-ring (bicyclic) bond motifs is 2. The quantitative estimate of drug-likeness (QED) is 0.738. The molecule has 2 atom stereocenters. The van der Waals surface area contributed by atoms with Gasteiger partial charge in [0.05, 0.1) is 18.4 Å². The Bertz CT molecular complexity index is 562. The molecule has 2 fully saturated rings. The lowest BCUT2D eigenvalue weighted by atomic mass is 10.00. The Labute approximate surface area is 110 Å². The average molecular weight is 258 g/mol. The number of hydrogen-bond acceptors (Lipinski definition) is 4. The number of rotatable bonds is 1. The summed E-state index contributed by atoms with van der Waals surface area (Å²) >= 11 is 0. The largest absolute Gasteiger partial charge is 0.493 e. The molecule has 0 saturated carbocycles. The number of hydrogen-bond donors (Lipinski definition) is 1. The van der Waals surface area contributed by atoms with Gasteiger partial charge in [-0.25, -0.2) is 0 Å². The third-order valence-corrected chi connectivity index (χ3v) is 4.28. The van der Waals surface area contributed by atoms with E-state index in [9.17, 15) is 9.59 Å². The van der Waals surface area contributed by atoms with Gasteiger partial charge in [0.15, 0.2) is 0 Å². The second-order valence-electron chi connectivity index (χ2n) is 5.36. The van der Waals surface area contributed by atoms with E-state index in [2.05, 4.69) is 16.3 Å². The zero-order valence-electron chi connectivity index (χ0n) is 10.4. The van der Waals surface area contributed by atoms with E-state index in [0.29, 0.717) is 13.1 Å². The van der Waals surface area contributed by atoms with Crippen LogP contribution >= 0.6 is 0 Å². The summed E-state index contributed by atoms with van der Waals surface area (Å²) in [6, 6.07) is 6.10. The van der Waals surface area contributed by atoms with Crippen LogP contribution in [0.1, 0.15) is 5.56 Å². The fourth-order valence-electron chi connectivity index (χ4n) is 3.22. The molecule has 0 aromatic heterocycles. The maximum absolute atomic E-state index is 11.7. The number of anilines is 1. The molecule has 3 aliphatic heterocycles. The Hall–Kier alpha value is -2.04. The second-order valence-corrected chi connectivity index (χ2v) is 5.36. The highest BCUT2D eigenvalue weighted by molar-refractivity contribution is 6.06. The number of nitrogens with one attached hydrogen (secondary N) is 1. The van der Waals surface area contributed by atoms with Gasteiger partial charge in [-0.05, 0) is 23.8 Å². The number of carbonyl (C=O) groups excluding carboxylic acids is 2. The van der Waals surface area contributed by atoms with Gasteiger partial charge in [-0.2, -0.15) is 0 Å². The number of imide groups is 1. The van der Waals surface area contributed by atoms with E-state index in [-0.39, 0.29) is 23.7 Å². The monoisotopic (exact) mass is 258 g/mol. The molecule has 1 N–H and O–H groups in total. The minimum atomic E-state index is -0.183. The molecule has 3 aliphatic rings. The van der Waals surface area contributed by atoms with Gasteiger partial charge in [0.2, 0.25) is 11.8 Å². The molecule has 0 spiro atoms. The van der Waals surface area contributed by atoms with E-state index in [1.54, 1.807) is 0 Å². The molecule has 2 saturated heterocycles. The van der Waals surface area contributed by atoms with Gasteiger partial charge >= 0.3 is 0 Å². The van der Waals surface area contributed by atoms with Crippen LogP contribution < -0.4 is 15.0 Å². The summed E-state index contributed by atoms with van der Waals surface area (Å²) in [5.74, 6) is 0.343. The summed E-state index contributed by atoms with van der Waals surface area (Å²) < 4.78 is 5.49. The minimum absolute atomic E-state index is 0.123. The fourth-order valence-corrected chi connectivity index (χ4v) is 3.22. The topological polar surface area (TPSA) is 58.6 Å². The van der Waals surface area contributed by atoms with Crippen molar-refractivity contribution in [2.24, 2.45) is 11.8 Å². The first kappa shape index (κ1) is 10.8. The van der Waals surface area contributed by atoms with Crippen LogP contribution in [0, 0.1) is 11.8 Å². The molecule has 2 amide bonds. The van der Waals surface area contributed by atoms with Crippen molar-refractivity contribution >= 4 is 17.5 Å². The van der Waals surface area contributed by atoms with E-state index in [1.807, 2.05) is 12.1 Å². The SMILES string of the molecule is O=C1NC(=O)[C@@H]2CN(c3ccc4c(c3)CCO4)C[C@H]12. The molecule has 98 valence electrons. The van der Waals surface area contributed by atoms with E-state index in [1.165, 1.54) is 5.56 Å². The number of nitrogens with zero attached hydrogens (tertiary/aromatic N) is 1. The zero-order chi connectivity index (χ0) is 13.0. The highest BCUT2D eigenvalue weighted by Gasteiger charge is 2.47. The summed E-state index contributed by atoms with van der Waals surface area (Å²) in [5, 5.41) is 2.41. The number of ether oxygens (including phenoxy) is 1. The Morgan fingerprint density at radius 3 is 2.63 bits per heavy atom. The molecular weight excluding hydrogens is 244 g/mol. The molecule has 3 heterocycles. The molecule has 1 aromatic rings. The third kappa shape index (κ3) is 1.54. The van der Waals surface area contributed by atoms with Crippen molar-refractivity contribution in [1.82, 2.24) is 5.32 Å². The van der Waals surface area contributed by atoms with E-state index >= 15 is 0 Å². The van der Waals surface area contributed by atoms with Crippen molar-refractivity contribution in [2.75, 3.05) is 24.6 Å². The standard InChI is InChI=1S/C14H14N2O3/c17-13-10-6-16(7-11(10)14(18)15-13)9-1-2-12-8(5-9)3-4-19-12/h1-2,5,10-11H,3-4,6-7H2,(H,15,17,18)/t10-,11+. The molecule has 0 unspecified atom stereocenters. The average Bonchev–Trinajstić information content (AvgIpc) is 3.08. The summed E-state index contributed by atoms with van der Waals surface area (Å²) in [5.41, 5.74) is 2.30. The van der Waals surface area contributed by atoms with Crippen LogP contribution in [-0.2, 0) is 16.0 Å². The number of benzene rings is 1. The van der Waals surface area contributed by atoms with Crippen LogP contribution in [0.15, 0.2) is 18.2 Å². The van der Waals surface area contributed by atoms with Crippen molar-refractivity contribution in [3.63, 3.8) is 0 Å². The smallest absolute Gasteiger partial charge is 0.232 e. The van der Waals surface area contributed by atoms with Gasteiger partial charge < -0.3 is 9.64 Å². The van der Waals surface area contributed by atoms with Gasteiger partial charge in [0.25, 0.3) is 0 Å². The van der Waals surface area contributed by atoms with Crippen LogP contribution in [0.25, 0.3) is 0 Å². The van der Waals surface area contributed by atoms with Crippen LogP contribution in [0.4, 0.5) is 5.69 Å². The van der Waals surface area contributed by atoms with Gasteiger partial charge in [-0.15, -0.1) is 0 Å². The van der Waals surface area contributed by atoms with Gasteiger partial charge in [0.1, 0.15) is 5.75 Å². The predicted molar refractivity (Wildman–Crippen MR) is 68.0 cm³/mol. The number of carbonyl (C=O) groups is 2. The van der Waals surface area contributed by atoms with Gasteiger partial charge in [0, 0.05) is 25.2 Å². The van der Waals surface area contributed by atoms with Crippen molar-refractivity contribution in [3.05, 3.63) is 23.8 Å². The summed E-state index contributed by atoms with van der Waals surface area (Å²) in [6.45, 7) is 1.99. The lowest BCUT2D eigenvalue weighted by Crippen LogP contribution is -2.31. The number of amides is 2. The Morgan fingerprint density at radius 2 is 1.89 bits per heavy atom. The highest BCUT2D eigenvalue weighted by Crippen LogP contribution is 2.35. The Morgan fingerprint density at radius 1 is 1.16 bits per heavy atom. The second kappa shape index (κ2) is 3.73. The molecule has 0 radical (unpaired) electrons. The predicted octanol–water partition coefficient (Wildman–Crippen LogP) is 0.330. The highest BCUT2D eigenvalue weighted by atomic mass is 16.5. The molecule has 0 bridgehead atoms. The molecular formula is C14H14N2O3.